The first-order valence-electron chi connectivity index (χ1n) is 5.31. The number of nitrogens with two attached hydrogens (primary N) is 1. The van der Waals surface area contributed by atoms with Crippen LogP contribution in [0.2, 0.25) is 0 Å². The van der Waals surface area contributed by atoms with Crippen molar-refractivity contribution in [3.8, 4) is 16.2 Å². The highest BCUT2D eigenvalue weighted by Crippen LogP contribution is 2.38. The standard InChI is InChI=1S/C13H13NO3S/c1-7-10(13(15)16)12(14)18-11(7)8-3-5-9(17-2)6-4-8/h3-6H,14H2,1-2H3,(H,15,16). The van der Waals surface area contributed by atoms with E-state index in [0.29, 0.717) is 10.6 Å². The van der Waals surface area contributed by atoms with E-state index >= 15 is 0 Å². The summed E-state index contributed by atoms with van der Waals surface area (Å²) in [5, 5.41) is 9.43. The highest BCUT2D eigenvalue weighted by Gasteiger charge is 2.19. The summed E-state index contributed by atoms with van der Waals surface area (Å²) in [6.45, 7) is 1.77. The molecule has 18 heavy (non-hydrogen) atoms. The maximum atomic E-state index is 11.1. The van der Waals surface area contributed by atoms with Crippen LogP contribution >= 0.6 is 11.3 Å². The second kappa shape index (κ2) is 4.70. The van der Waals surface area contributed by atoms with Crippen LogP contribution in [0.3, 0.4) is 0 Å². The zero-order valence-corrected chi connectivity index (χ0v) is 10.9. The Labute approximate surface area is 109 Å². The number of hydrogen-bond acceptors (Lipinski definition) is 4. The topological polar surface area (TPSA) is 72.5 Å². The Morgan fingerprint density at radius 2 is 1.94 bits per heavy atom. The van der Waals surface area contributed by atoms with E-state index in [1.807, 2.05) is 24.3 Å². The normalized spacial score (nSPS) is 10.3. The lowest BCUT2D eigenvalue weighted by molar-refractivity contribution is 0.0698. The molecule has 3 N–H and O–H groups in total. The molecule has 0 saturated heterocycles. The van der Waals surface area contributed by atoms with Crippen LogP contribution in [0.15, 0.2) is 24.3 Å². The molecule has 0 bridgehead atoms. The minimum Gasteiger partial charge on any atom is -0.497 e. The molecule has 0 amide bonds. The summed E-state index contributed by atoms with van der Waals surface area (Å²) in [6.07, 6.45) is 0. The van der Waals surface area contributed by atoms with Crippen molar-refractivity contribution in [3.63, 3.8) is 0 Å². The fourth-order valence-electron chi connectivity index (χ4n) is 1.82. The molecule has 0 fully saturated rings. The van der Waals surface area contributed by atoms with Crippen LogP contribution in [0, 0.1) is 6.92 Å². The second-order valence-electron chi connectivity index (χ2n) is 3.83. The molecule has 1 aromatic carbocycles. The van der Waals surface area contributed by atoms with Crippen LogP contribution in [0.4, 0.5) is 5.00 Å². The van der Waals surface area contributed by atoms with E-state index in [1.54, 1.807) is 14.0 Å². The average Bonchev–Trinajstić information content (AvgIpc) is 2.65. The first-order chi connectivity index (χ1) is 8.54. The van der Waals surface area contributed by atoms with Gasteiger partial charge in [-0.2, -0.15) is 0 Å². The van der Waals surface area contributed by atoms with Gasteiger partial charge in [0, 0.05) is 4.88 Å². The lowest BCUT2D eigenvalue weighted by atomic mass is 10.1. The fourth-order valence-corrected chi connectivity index (χ4v) is 2.89. The molecular weight excluding hydrogens is 250 g/mol. The van der Waals surface area contributed by atoms with Gasteiger partial charge >= 0.3 is 5.97 Å². The van der Waals surface area contributed by atoms with Crippen molar-refractivity contribution >= 4 is 22.3 Å². The van der Waals surface area contributed by atoms with E-state index in [-0.39, 0.29) is 5.56 Å². The Bertz CT molecular complexity index is 587. The summed E-state index contributed by atoms with van der Waals surface area (Å²) >= 11 is 1.29. The summed E-state index contributed by atoms with van der Waals surface area (Å²) in [5.41, 5.74) is 7.60. The van der Waals surface area contributed by atoms with Gasteiger partial charge in [0.25, 0.3) is 0 Å². The van der Waals surface area contributed by atoms with E-state index in [2.05, 4.69) is 0 Å². The molecule has 0 spiro atoms. The molecule has 1 aromatic heterocycles. The Morgan fingerprint density at radius 3 is 2.39 bits per heavy atom. The number of benzene rings is 1. The monoisotopic (exact) mass is 263 g/mol. The van der Waals surface area contributed by atoms with Crippen molar-refractivity contribution in [3.05, 3.63) is 35.4 Å². The Morgan fingerprint density at radius 1 is 1.33 bits per heavy atom. The molecule has 0 atom stereocenters. The fraction of sp³-hybridized carbons (Fsp3) is 0.154. The highest BCUT2D eigenvalue weighted by molar-refractivity contribution is 7.19. The van der Waals surface area contributed by atoms with Gasteiger partial charge in [-0.05, 0) is 42.3 Å². The first-order valence-corrected chi connectivity index (χ1v) is 6.12. The molecule has 4 nitrogen and oxygen atoms in total. The predicted molar refractivity (Wildman–Crippen MR) is 72.4 cm³/mol. The number of carbonyl (C=O) groups is 1. The van der Waals surface area contributed by atoms with E-state index in [9.17, 15) is 4.79 Å². The van der Waals surface area contributed by atoms with Gasteiger partial charge in [0.05, 0.1) is 12.7 Å². The number of anilines is 1. The number of nitrogen functional groups attached to an aromatic ring is 1. The third-order valence-electron chi connectivity index (χ3n) is 2.74. The predicted octanol–water partition coefficient (Wildman–Crippen LogP) is 3.01. The van der Waals surface area contributed by atoms with E-state index in [0.717, 1.165) is 16.2 Å². The summed E-state index contributed by atoms with van der Waals surface area (Å²) in [4.78, 5) is 12.0. The number of thiophene rings is 1. The SMILES string of the molecule is COc1ccc(-c2sc(N)c(C(=O)O)c2C)cc1. The number of carboxylic acid groups (broad SMARTS) is 1. The Hall–Kier alpha value is -2.01. The zero-order valence-electron chi connectivity index (χ0n) is 10.1. The minimum atomic E-state index is -0.985. The third-order valence-corrected chi connectivity index (χ3v) is 3.91. The summed E-state index contributed by atoms with van der Waals surface area (Å²) in [5.74, 6) is -0.222. The maximum Gasteiger partial charge on any atom is 0.338 e. The molecule has 2 aromatic rings. The van der Waals surface area contributed by atoms with Crippen molar-refractivity contribution in [1.29, 1.82) is 0 Å². The number of hydrogen-bond donors (Lipinski definition) is 2. The van der Waals surface area contributed by atoms with Crippen molar-refractivity contribution in [2.24, 2.45) is 0 Å². The Balaban J connectivity index is 2.50. The van der Waals surface area contributed by atoms with Gasteiger partial charge in [0.15, 0.2) is 0 Å². The van der Waals surface area contributed by atoms with E-state index in [1.165, 1.54) is 11.3 Å². The average molecular weight is 263 g/mol. The van der Waals surface area contributed by atoms with E-state index < -0.39 is 5.97 Å². The molecule has 94 valence electrons. The highest BCUT2D eigenvalue weighted by atomic mass is 32.1. The van der Waals surface area contributed by atoms with Gasteiger partial charge < -0.3 is 15.6 Å². The van der Waals surface area contributed by atoms with Crippen molar-refractivity contribution < 1.29 is 14.6 Å². The largest absolute Gasteiger partial charge is 0.497 e. The number of rotatable bonds is 3. The van der Waals surface area contributed by atoms with E-state index in [4.69, 9.17) is 15.6 Å². The summed E-state index contributed by atoms with van der Waals surface area (Å²) < 4.78 is 5.09. The van der Waals surface area contributed by atoms with Gasteiger partial charge in [0.1, 0.15) is 10.8 Å². The van der Waals surface area contributed by atoms with Crippen molar-refractivity contribution in [1.82, 2.24) is 0 Å². The summed E-state index contributed by atoms with van der Waals surface area (Å²) in [6, 6.07) is 7.46. The third kappa shape index (κ3) is 2.04. The molecule has 0 aliphatic carbocycles. The molecule has 0 radical (unpaired) electrons. The molecule has 0 saturated carbocycles. The van der Waals surface area contributed by atoms with Gasteiger partial charge in [0.2, 0.25) is 0 Å². The number of carboxylic acids is 1. The number of ether oxygens (including phenoxy) is 1. The van der Waals surface area contributed by atoms with Crippen LogP contribution in [-0.2, 0) is 0 Å². The molecule has 0 aliphatic heterocycles. The minimum absolute atomic E-state index is 0.200. The van der Waals surface area contributed by atoms with Crippen LogP contribution in [-0.4, -0.2) is 18.2 Å². The molecule has 5 heteroatoms. The quantitative estimate of drug-likeness (QED) is 0.892. The van der Waals surface area contributed by atoms with Gasteiger partial charge in [-0.15, -0.1) is 11.3 Å². The smallest absolute Gasteiger partial charge is 0.338 e. The second-order valence-corrected chi connectivity index (χ2v) is 4.88. The lowest BCUT2D eigenvalue weighted by Crippen LogP contribution is -2.00. The molecule has 1 heterocycles. The van der Waals surface area contributed by atoms with Crippen LogP contribution in [0.25, 0.3) is 10.4 Å². The van der Waals surface area contributed by atoms with Crippen LogP contribution in [0.1, 0.15) is 15.9 Å². The Kier molecular flexibility index (Phi) is 3.25. The molecule has 0 unspecified atom stereocenters. The molecular formula is C13H13NO3S. The van der Waals surface area contributed by atoms with Gasteiger partial charge in [-0.25, -0.2) is 4.79 Å². The number of methoxy groups -OCH3 is 1. The zero-order chi connectivity index (χ0) is 13.3. The van der Waals surface area contributed by atoms with Gasteiger partial charge in [-0.3, -0.25) is 0 Å². The van der Waals surface area contributed by atoms with Crippen molar-refractivity contribution in [2.45, 2.75) is 6.92 Å². The van der Waals surface area contributed by atoms with Gasteiger partial charge in [-0.1, -0.05) is 0 Å². The summed E-state index contributed by atoms with van der Waals surface area (Å²) in [7, 11) is 1.60. The molecule has 2 rings (SSSR count). The first kappa shape index (κ1) is 12.4. The maximum absolute atomic E-state index is 11.1. The van der Waals surface area contributed by atoms with Crippen LogP contribution in [0.5, 0.6) is 5.75 Å². The van der Waals surface area contributed by atoms with Crippen molar-refractivity contribution in [2.75, 3.05) is 12.8 Å². The lowest BCUT2D eigenvalue weighted by Gasteiger charge is -2.02. The molecule has 0 aliphatic rings. The van der Waals surface area contributed by atoms with Crippen LogP contribution < -0.4 is 10.5 Å². The number of aromatic carboxylic acids is 1.